The zero-order valence-corrected chi connectivity index (χ0v) is 26.5. The van der Waals surface area contributed by atoms with E-state index >= 15 is 0 Å². The summed E-state index contributed by atoms with van der Waals surface area (Å²) in [6, 6.07) is 8.94. The zero-order chi connectivity index (χ0) is 32.7. The van der Waals surface area contributed by atoms with Crippen LogP contribution < -0.4 is 20.9 Å². The van der Waals surface area contributed by atoms with E-state index in [4.69, 9.17) is 9.47 Å². The molecule has 1 saturated heterocycles. The number of benzene rings is 1. The molecule has 1 aliphatic heterocycles. The molecule has 0 radical (unpaired) electrons. The van der Waals surface area contributed by atoms with Gasteiger partial charge in [0.1, 0.15) is 12.2 Å². The van der Waals surface area contributed by atoms with E-state index in [1.165, 1.54) is 0 Å². The van der Waals surface area contributed by atoms with Gasteiger partial charge in [-0.25, -0.2) is 14.6 Å². The molecule has 2 aliphatic rings. The van der Waals surface area contributed by atoms with Crippen LogP contribution in [0.3, 0.4) is 0 Å². The van der Waals surface area contributed by atoms with Gasteiger partial charge in [-0.3, -0.25) is 15.1 Å². The first-order valence-corrected chi connectivity index (χ1v) is 15.4. The summed E-state index contributed by atoms with van der Waals surface area (Å²) in [4.78, 5) is 50.1. The zero-order valence-electron chi connectivity index (χ0n) is 26.5. The molecule has 3 amide bonds. The summed E-state index contributed by atoms with van der Waals surface area (Å²) in [6.45, 7) is 10.7. The average molecular weight is 625 g/mol. The van der Waals surface area contributed by atoms with Crippen LogP contribution in [0.4, 0.5) is 26.7 Å². The number of carbonyl (C=O) groups is 3. The van der Waals surface area contributed by atoms with Crippen molar-refractivity contribution in [3.05, 3.63) is 84.4 Å². The fourth-order valence-electron chi connectivity index (χ4n) is 5.38. The maximum absolute atomic E-state index is 13.9. The first-order chi connectivity index (χ1) is 22.1. The van der Waals surface area contributed by atoms with E-state index in [0.29, 0.717) is 17.7 Å². The number of pyridine rings is 2. The number of carbonyl (C=O) groups excluding carboxylic acids is 3. The number of anilines is 3. The van der Waals surface area contributed by atoms with Gasteiger partial charge >= 0.3 is 12.2 Å². The third kappa shape index (κ3) is 8.50. The van der Waals surface area contributed by atoms with Gasteiger partial charge in [0.2, 0.25) is 0 Å². The largest absolute Gasteiger partial charge is 0.444 e. The Morgan fingerprint density at radius 2 is 1.93 bits per heavy atom. The van der Waals surface area contributed by atoms with Gasteiger partial charge in [-0.05, 0) is 75.8 Å². The summed E-state index contributed by atoms with van der Waals surface area (Å²) in [7, 11) is 0. The van der Waals surface area contributed by atoms with Crippen LogP contribution in [-0.4, -0.2) is 59.4 Å². The van der Waals surface area contributed by atoms with Crippen molar-refractivity contribution in [3.63, 3.8) is 0 Å². The van der Waals surface area contributed by atoms with Crippen molar-refractivity contribution in [2.45, 2.75) is 58.1 Å². The Kier molecular flexibility index (Phi) is 10.00. The lowest BCUT2D eigenvalue weighted by molar-refractivity contribution is 0.0499. The predicted octanol–water partition coefficient (Wildman–Crippen LogP) is 6.84. The minimum Gasteiger partial charge on any atom is -0.444 e. The van der Waals surface area contributed by atoms with E-state index in [1.54, 1.807) is 24.5 Å². The molecule has 2 aromatic heterocycles. The van der Waals surface area contributed by atoms with E-state index in [2.05, 4.69) is 37.4 Å². The molecule has 46 heavy (non-hydrogen) atoms. The summed E-state index contributed by atoms with van der Waals surface area (Å²) in [5, 5.41) is 9.37. The fourth-order valence-corrected chi connectivity index (χ4v) is 5.38. The van der Waals surface area contributed by atoms with E-state index < -0.39 is 23.7 Å². The van der Waals surface area contributed by atoms with Gasteiger partial charge in [-0.15, -0.1) is 0 Å². The van der Waals surface area contributed by atoms with Crippen LogP contribution in [-0.2, 0) is 9.47 Å². The highest BCUT2D eigenvalue weighted by Crippen LogP contribution is 2.30. The third-order valence-electron chi connectivity index (χ3n) is 7.50. The minimum absolute atomic E-state index is 0.0142. The number of hydrogen-bond acceptors (Lipinski definition) is 8. The molecule has 11 heteroatoms. The second kappa shape index (κ2) is 14.3. The van der Waals surface area contributed by atoms with Crippen molar-refractivity contribution in [1.29, 1.82) is 0 Å². The van der Waals surface area contributed by atoms with Gasteiger partial charge in [0.15, 0.2) is 5.69 Å². The third-order valence-corrected chi connectivity index (χ3v) is 7.50. The van der Waals surface area contributed by atoms with E-state index in [0.717, 1.165) is 54.4 Å². The maximum Gasteiger partial charge on any atom is 0.412 e. The predicted molar refractivity (Wildman–Crippen MR) is 180 cm³/mol. The fraction of sp³-hybridized carbons (Fsp3) is 0.343. The summed E-state index contributed by atoms with van der Waals surface area (Å²) in [5.41, 5.74) is 3.16. The lowest BCUT2D eigenvalue weighted by Gasteiger charge is -2.35. The number of ether oxygens (including phenoxy) is 2. The van der Waals surface area contributed by atoms with Crippen LogP contribution >= 0.6 is 0 Å². The summed E-state index contributed by atoms with van der Waals surface area (Å²) in [5.74, 6) is -0.534. The molecule has 0 bridgehead atoms. The number of fused-ring (bicyclic) bond motifs is 1. The van der Waals surface area contributed by atoms with Crippen molar-refractivity contribution in [2.75, 3.05) is 35.2 Å². The number of hydrogen-bond donors (Lipinski definition) is 3. The van der Waals surface area contributed by atoms with Crippen molar-refractivity contribution >= 4 is 52.1 Å². The SMILES string of the molecule is C=Cc1ccc2cc(NC(=O)OCC3=CCCC=C3)c(C(=O)Nc3cnccc3N3CCCC(NC(=O)OC(C)(C)C)C3)nc2c1. The highest BCUT2D eigenvalue weighted by atomic mass is 16.6. The van der Waals surface area contributed by atoms with Crippen molar-refractivity contribution in [2.24, 2.45) is 0 Å². The lowest BCUT2D eigenvalue weighted by Crippen LogP contribution is -2.49. The molecule has 1 atom stereocenters. The first kappa shape index (κ1) is 32.2. The van der Waals surface area contributed by atoms with Crippen molar-refractivity contribution in [3.8, 4) is 0 Å². The molecular weight excluding hydrogens is 584 g/mol. The molecule has 0 saturated carbocycles. The van der Waals surface area contributed by atoms with E-state index in [-0.39, 0.29) is 24.0 Å². The minimum atomic E-state index is -0.698. The molecule has 11 nitrogen and oxygen atoms in total. The van der Waals surface area contributed by atoms with Crippen LogP contribution in [0.15, 0.2) is 73.1 Å². The molecule has 3 heterocycles. The van der Waals surface area contributed by atoms with Crippen LogP contribution in [0, 0.1) is 0 Å². The molecule has 1 unspecified atom stereocenters. The number of aromatic nitrogens is 2. The maximum atomic E-state index is 13.9. The number of allylic oxidation sites excluding steroid dienone is 2. The van der Waals surface area contributed by atoms with E-state index in [9.17, 15) is 14.4 Å². The summed E-state index contributed by atoms with van der Waals surface area (Å²) < 4.78 is 10.9. The molecule has 1 fully saturated rings. The molecule has 5 rings (SSSR count). The number of rotatable bonds is 8. The smallest absolute Gasteiger partial charge is 0.412 e. The molecule has 1 aromatic carbocycles. The van der Waals surface area contributed by atoms with E-state index in [1.807, 2.05) is 63.3 Å². The molecule has 1 aliphatic carbocycles. The van der Waals surface area contributed by atoms with Gasteiger partial charge in [0.25, 0.3) is 5.91 Å². The topological polar surface area (TPSA) is 135 Å². The molecule has 3 N–H and O–H groups in total. The molecular formula is C35H40N6O5. The Labute approximate surface area is 268 Å². The van der Waals surface area contributed by atoms with Gasteiger partial charge in [0, 0.05) is 30.7 Å². The number of nitrogens with zero attached hydrogens (tertiary/aromatic N) is 3. The van der Waals surface area contributed by atoms with Gasteiger partial charge in [0.05, 0.1) is 28.8 Å². The van der Waals surface area contributed by atoms with Crippen LogP contribution in [0.1, 0.15) is 62.5 Å². The second-order valence-corrected chi connectivity index (χ2v) is 12.3. The Hall–Kier alpha value is -5.19. The van der Waals surface area contributed by atoms with Crippen LogP contribution in [0.25, 0.3) is 17.0 Å². The highest BCUT2D eigenvalue weighted by Gasteiger charge is 2.26. The summed E-state index contributed by atoms with van der Waals surface area (Å²) in [6.07, 6.45) is 13.3. The normalized spacial score (nSPS) is 16.3. The monoisotopic (exact) mass is 624 g/mol. The number of piperidine rings is 1. The molecule has 240 valence electrons. The molecule has 0 spiro atoms. The standard InChI is InChI=1S/C35H40N6O5/c1-5-23-13-14-25-19-28(40-33(43)45-22-24-10-7-6-8-11-24)31(38-27(25)18-23)32(42)39-29-20-36-16-15-30(29)41-17-9-12-26(21-41)37-34(44)46-35(2,3)4/h5,7,10-11,13-16,18-20,26H,1,6,8-9,12,17,21-22H2,2-4H3,(H,37,44)(H,39,42)(H,40,43). The van der Waals surface area contributed by atoms with Crippen molar-refractivity contribution < 1.29 is 23.9 Å². The van der Waals surface area contributed by atoms with Crippen molar-refractivity contribution in [1.82, 2.24) is 15.3 Å². The highest BCUT2D eigenvalue weighted by molar-refractivity contribution is 6.11. The Morgan fingerprint density at radius 1 is 1.09 bits per heavy atom. The van der Waals surface area contributed by atoms with Crippen LogP contribution in [0.2, 0.25) is 0 Å². The van der Waals surface area contributed by atoms with Gasteiger partial charge in [-0.1, -0.05) is 43.0 Å². The number of alkyl carbamates (subject to hydrolysis) is 1. The quantitative estimate of drug-likeness (QED) is 0.248. The lowest BCUT2D eigenvalue weighted by atomic mass is 10.0. The van der Waals surface area contributed by atoms with Gasteiger partial charge < -0.3 is 25.0 Å². The molecule has 3 aromatic rings. The summed E-state index contributed by atoms with van der Waals surface area (Å²) >= 11 is 0. The number of amides is 3. The van der Waals surface area contributed by atoms with Crippen LogP contribution in [0.5, 0.6) is 0 Å². The Balaban J connectivity index is 1.36. The number of nitrogens with one attached hydrogen (secondary N) is 3. The Bertz CT molecular complexity index is 1690. The second-order valence-electron chi connectivity index (χ2n) is 12.3. The van der Waals surface area contributed by atoms with Gasteiger partial charge in [-0.2, -0.15) is 0 Å². The Morgan fingerprint density at radius 3 is 2.70 bits per heavy atom. The average Bonchev–Trinajstić information content (AvgIpc) is 3.03. The first-order valence-electron chi connectivity index (χ1n) is 15.4.